The van der Waals surface area contributed by atoms with Crippen molar-refractivity contribution in [1.82, 2.24) is 14.9 Å². The van der Waals surface area contributed by atoms with E-state index >= 15 is 0 Å². The quantitative estimate of drug-likeness (QED) is 0.817. The Balaban J connectivity index is 2.09. The molecule has 0 unspecified atom stereocenters. The summed E-state index contributed by atoms with van der Waals surface area (Å²) in [5, 5.41) is 3.13. The fraction of sp³-hybridized carbons (Fsp3) is 0.308. The molecule has 0 fully saturated rings. The van der Waals surface area contributed by atoms with Gasteiger partial charge in [0.15, 0.2) is 0 Å². The van der Waals surface area contributed by atoms with E-state index in [-0.39, 0.29) is 0 Å². The summed E-state index contributed by atoms with van der Waals surface area (Å²) in [6.45, 7) is 1.93. The van der Waals surface area contributed by atoms with Gasteiger partial charge in [-0.2, -0.15) is 13.2 Å². The monoisotopic (exact) mass is 285 g/mol. The van der Waals surface area contributed by atoms with Gasteiger partial charge in [0, 0.05) is 18.7 Å². The largest absolute Gasteiger partial charge is 0.419 e. The van der Waals surface area contributed by atoms with E-state index in [1.165, 1.54) is 12.3 Å². The lowest BCUT2D eigenvalue weighted by Gasteiger charge is -2.18. The lowest BCUT2D eigenvalue weighted by atomic mass is 10.1. The van der Waals surface area contributed by atoms with Crippen LogP contribution in [0.4, 0.5) is 17.6 Å². The summed E-state index contributed by atoms with van der Waals surface area (Å²) in [5.74, 6) is -0.495. The molecule has 20 heavy (non-hydrogen) atoms. The Morgan fingerprint density at radius 1 is 1.25 bits per heavy atom. The third-order valence-electron chi connectivity index (χ3n) is 3.30. The van der Waals surface area contributed by atoms with E-state index in [2.05, 4.69) is 10.3 Å². The van der Waals surface area contributed by atoms with Gasteiger partial charge in [0.1, 0.15) is 11.6 Å². The Morgan fingerprint density at radius 3 is 2.80 bits per heavy atom. The molecule has 0 saturated carbocycles. The Morgan fingerprint density at radius 2 is 2.05 bits per heavy atom. The molecule has 106 valence electrons. The number of hydrogen-bond acceptors (Lipinski definition) is 2. The molecular weight excluding hydrogens is 274 g/mol. The summed E-state index contributed by atoms with van der Waals surface area (Å²) in [6, 6.07) is 3.03. The van der Waals surface area contributed by atoms with Crippen LogP contribution in [0.25, 0.3) is 11.3 Å². The van der Waals surface area contributed by atoms with Gasteiger partial charge >= 0.3 is 6.18 Å². The van der Waals surface area contributed by atoms with Crippen LogP contribution in [0, 0.1) is 5.82 Å². The van der Waals surface area contributed by atoms with E-state index in [4.69, 9.17) is 0 Å². The van der Waals surface area contributed by atoms with Crippen molar-refractivity contribution in [2.24, 2.45) is 0 Å². The van der Waals surface area contributed by atoms with Crippen LogP contribution < -0.4 is 5.32 Å². The van der Waals surface area contributed by atoms with Crippen LogP contribution in [0.15, 0.2) is 24.4 Å². The number of benzene rings is 1. The van der Waals surface area contributed by atoms with Crippen molar-refractivity contribution in [3.8, 4) is 11.3 Å². The SMILES string of the molecule is Fc1ccc(-c2cnc3n2CCNC3)cc1C(F)(F)F. The number of hydrogen-bond donors (Lipinski definition) is 1. The first kappa shape index (κ1) is 13.1. The Hall–Kier alpha value is -1.89. The maximum absolute atomic E-state index is 13.3. The fourth-order valence-electron chi connectivity index (χ4n) is 2.33. The standard InChI is InChI=1S/C13H11F4N3/c14-10-2-1-8(5-9(10)13(15,16)17)11-6-19-12-7-18-3-4-20(11)12/h1-2,5-6,18H,3-4,7H2. The van der Waals surface area contributed by atoms with E-state index in [0.717, 1.165) is 24.5 Å². The topological polar surface area (TPSA) is 29.9 Å². The van der Waals surface area contributed by atoms with Crippen molar-refractivity contribution >= 4 is 0 Å². The van der Waals surface area contributed by atoms with Gasteiger partial charge in [-0.3, -0.25) is 0 Å². The summed E-state index contributed by atoms with van der Waals surface area (Å²) in [7, 11) is 0. The lowest BCUT2D eigenvalue weighted by Crippen LogP contribution is -2.28. The van der Waals surface area contributed by atoms with Crippen LogP contribution in [0.2, 0.25) is 0 Å². The Kier molecular flexibility index (Phi) is 3.01. The predicted octanol–water partition coefficient (Wildman–Crippen LogP) is 2.81. The number of nitrogens with zero attached hydrogens (tertiary/aromatic N) is 2. The highest BCUT2D eigenvalue weighted by Gasteiger charge is 2.34. The average Bonchev–Trinajstić information content (AvgIpc) is 2.82. The molecule has 3 rings (SSSR count). The normalized spacial score (nSPS) is 15.2. The number of imidazole rings is 1. The number of halogens is 4. The van der Waals surface area contributed by atoms with Gasteiger partial charge in [0.2, 0.25) is 0 Å². The highest BCUT2D eigenvalue weighted by molar-refractivity contribution is 5.61. The van der Waals surface area contributed by atoms with Crippen LogP contribution >= 0.6 is 0 Å². The molecule has 0 saturated heterocycles. The van der Waals surface area contributed by atoms with Gasteiger partial charge in [0.05, 0.1) is 24.0 Å². The molecule has 0 radical (unpaired) electrons. The summed E-state index contributed by atoms with van der Waals surface area (Å²) in [5.41, 5.74) is -0.356. The van der Waals surface area contributed by atoms with E-state index < -0.39 is 17.6 Å². The number of rotatable bonds is 1. The van der Waals surface area contributed by atoms with Crippen LogP contribution in [0.1, 0.15) is 11.4 Å². The molecule has 1 aliphatic rings. The molecule has 2 heterocycles. The van der Waals surface area contributed by atoms with Gasteiger partial charge in [-0.05, 0) is 18.2 Å². The molecular formula is C13H11F4N3. The number of aromatic nitrogens is 2. The van der Waals surface area contributed by atoms with E-state index in [1.807, 2.05) is 4.57 Å². The molecule has 3 nitrogen and oxygen atoms in total. The molecule has 1 aromatic heterocycles. The Bertz CT molecular complexity index is 646. The van der Waals surface area contributed by atoms with Gasteiger partial charge in [-0.1, -0.05) is 0 Å². The van der Waals surface area contributed by atoms with Gasteiger partial charge in [-0.15, -0.1) is 0 Å². The van der Waals surface area contributed by atoms with Crippen LogP contribution in [0.3, 0.4) is 0 Å². The number of nitrogens with one attached hydrogen (secondary N) is 1. The van der Waals surface area contributed by atoms with Crippen molar-refractivity contribution in [3.05, 3.63) is 41.6 Å². The minimum absolute atomic E-state index is 0.319. The van der Waals surface area contributed by atoms with Gasteiger partial charge in [0.25, 0.3) is 0 Å². The molecule has 0 spiro atoms. The first-order chi connectivity index (χ1) is 9.47. The Labute approximate surface area is 112 Å². The second-order valence-electron chi connectivity index (χ2n) is 4.58. The van der Waals surface area contributed by atoms with Crippen molar-refractivity contribution < 1.29 is 17.6 Å². The second-order valence-corrected chi connectivity index (χ2v) is 4.58. The highest BCUT2D eigenvalue weighted by Crippen LogP contribution is 2.34. The van der Waals surface area contributed by atoms with E-state index in [1.54, 1.807) is 0 Å². The maximum atomic E-state index is 13.3. The molecule has 2 aromatic rings. The molecule has 0 bridgehead atoms. The first-order valence-corrected chi connectivity index (χ1v) is 6.09. The molecule has 1 aromatic carbocycles. The molecule has 0 atom stereocenters. The summed E-state index contributed by atoms with van der Waals surface area (Å²) >= 11 is 0. The third-order valence-corrected chi connectivity index (χ3v) is 3.30. The number of alkyl halides is 3. The summed E-state index contributed by atoms with van der Waals surface area (Å²) < 4.78 is 53.4. The zero-order valence-corrected chi connectivity index (χ0v) is 10.3. The number of fused-ring (bicyclic) bond motifs is 1. The van der Waals surface area contributed by atoms with Gasteiger partial charge in [-0.25, -0.2) is 9.37 Å². The highest BCUT2D eigenvalue weighted by atomic mass is 19.4. The minimum Gasteiger partial charge on any atom is -0.326 e. The van der Waals surface area contributed by atoms with Crippen molar-refractivity contribution in [2.75, 3.05) is 6.54 Å². The first-order valence-electron chi connectivity index (χ1n) is 6.09. The maximum Gasteiger partial charge on any atom is 0.419 e. The summed E-state index contributed by atoms with van der Waals surface area (Å²) in [6.07, 6.45) is -3.18. The molecule has 1 aliphatic heterocycles. The van der Waals surface area contributed by atoms with Gasteiger partial charge < -0.3 is 9.88 Å². The smallest absolute Gasteiger partial charge is 0.326 e. The molecule has 1 N–H and O–H groups in total. The predicted molar refractivity (Wildman–Crippen MR) is 64.3 cm³/mol. The van der Waals surface area contributed by atoms with E-state index in [0.29, 0.717) is 24.3 Å². The summed E-state index contributed by atoms with van der Waals surface area (Å²) in [4.78, 5) is 4.17. The van der Waals surface area contributed by atoms with Crippen molar-refractivity contribution in [1.29, 1.82) is 0 Å². The molecule has 0 aliphatic carbocycles. The molecule has 0 amide bonds. The van der Waals surface area contributed by atoms with Crippen LogP contribution in [0.5, 0.6) is 0 Å². The fourth-order valence-corrected chi connectivity index (χ4v) is 2.33. The third kappa shape index (κ3) is 2.18. The van der Waals surface area contributed by atoms with Crippen molar-refractivity contribution in [3.63, 3.8) is 0 Å². The lowest BCUT2D eigenvalue weighted by molar-refractivity contribution is -0.139. The minimum atomic E-state index is -4.70. The van der Waals surface area contributed by atoms with E-state index in [9.17, 15) is 17.6 Å². The van der Waals surface area contributed by atoms with Crippen LogP contribution in [-0.2, 0) is 19.3 Å². The van der Waals surface area contributed by atoms with Crippen LogP contribution in [-0.4, -0.2) is 16.1 Å². The average molecular weight is 285 g/mol. The zero-order chi connectivity index (χ0) is 14.3. The zero-order valence-electron chi connectivity index (χ0n) is 10.3. The van der Waals surface area contributed by atoms with Crippen molar-refractivity contribution in [2.45, 2.75) is 19.3 Å². The molecule has 7 heteroatoms. The second kappa shape index (κ2) is 4.59.